The lowest BCUT2D eigenvalue weighted by atomic mass is 9.99. The second-order valence-corrected chi connectivity index (χ2v) is 4.21. The summed E-state index contributed by atoms with van der Waals surface area (Å²) in [6.45, 7) is 4.94. The van der Waals surface area contributed by atoms with Crippen molar-refractivity contribution in [2.24, 2.45) is 5.92 Å². The van der Waals surface area contributed by atoms with E-state index in [1.54, 1.807) is 17.9 Å². The lowest BCUT2D eigenvalue weighted by Gasteiger charge is -2.29. The first-order valence-corrected chi connectivity index (χ1v) is 5.60. The standard InChI is InChI=1S/C12H19NO3/c1-9-5-4-7-13(11(9)14)8-6-10(2)12(15)16-3/h6,9H,4-5,7-8H2,1-3H3. The average Bonchev–Trinajstić information content (AvgIpc) is 2.29. The molecule has 0 aromatic heterocycles. The molecule has 1 aliphatic rings. The minimum atomic E-state index is -0.336. The molecular weight excluding hydrogens is 206 g/mol. The molecule has 0 aromatic rings. The number of amides is 1. The predicted octanol–water partition coefficient (Wildman–Crippen LogP) is 1.36. The first-order chi connectivity index (χ1) is 7.56. The quantitative estimate of drug-likeness (QED) is 0.538. The lowest BCUT2D eigenvalue weighted by molar-refractivity contribution is -0.138. The van der Waals surface area contributed by atoms with Crippen LogP contribution in [0.15, 0.2) is 11.6 Å². The minimum Gasteiger partial charge on any atom is -0.466 e. The van der Waals surface area contributed by atoms with Gasteiger partial charge in [-0.2, -0.15) is 0 Å². The van der Waals surface area contributed by atoms with Crippen LogP contribution in [0.2, 0.25) is 0 Å². The highest BCUT2D eigenvalue weighted by Crippen LogP contribution is 2.17. The van der Waals surface area contributed by atoms with Crippen molar-refractivity contribution in [3.63, 3.8) is 0 Å². The zero-order valence-corrected chi connectivity index (χ0v) is 10.2. The smallest absolute Gasteiger partial charge is 0.333 e. The van der Waals surface area contributed by atoms with E-state index < -0.39 is 0 Å². The van der Waals surface area contributed by atoms with E-state index in [1.165, 1.54) is 7.11 Å². The van der Waals surface area contributed by atoms with Crippen LogP contribution in [0.25, 0.3) is 0 Å². The summed E-state index contributed by atoms with van der Waals surface area (Å²) >= 11 is 0. The van der Waals surface area contributed by atoms with E-state index in [0.29, 0.717) is 12.1 Å². The maximum absolute atomic E-state index is 11.8. The molecule has 1 amide bonds. The van der Waals surface area contributed by atoms with Gasteiger partial charge in [-0.05, 0) is 19.8 Å². The number of carbonyl (C=O) groups is 2. The Morgan fingerprint density at radius 2 is 2.31 bits per heavy atom. The molecule has 1 fully saturated rings. The summed E-state index contributed by atoms with van der Waals surface area (Å²) < 4.78 is 4.59. The molecule has 0 N–H and O–H groups in total. The van der Waals surface area contributed by atoms with Crippen molar-refractivity contribution in [2.75, 3.05) is 20.2 Å². The molecule has 1 rings (SSSR count). The second-order valence-electron chi connectivity index (χ2n) is 4.21. The number of esters is 1. The van der Waals surface area contributed by atoms with Crippen LogP contribution < -0.4 is 0 Å². The number of carbonyl (C=O) groups excluding carboxylic acids is 2. The van der Waals surface area contributed by atoms with Gasteiger partial charge in [0.1, 0.15) is 0 Å². The van der Waals surface area contributed by atoms with Gasteiger partial charge in [0.2, 0.25) is 5.91 Å². The van der Waals surface area contributed by atoms with Gasteiger partial charge in [0, 0.05) is 24.6 Å². The molecule has 4 heteroatoms. The molecule has 0 radical (unpaired) electrons. The Morgan fingerprint density at radius 1 is 1.62 bits per heavy atom. The van der Waals surface area contributed by atoms with Crippen LogP contribution in [-0.4, -0.2) is 37.0 Å². The molecule has 90 valence electrons. The lowest BCUT2D eigenvalue weighted by Crippen LogP contribution is -2.40. The summed E-state index contributed by atoms with van der Waals surface area (Å²) in [7, 11) is 1.35. The molecular formula is C12H19NO3. The van der Waals surface area contributed by atoms with Gasteiger partial charge >= 0.3 is 5.97 Å². The van der Waals surface area contributed by atoms with E-state index in [1.807, 2.05) is 6.92 Å². The van der Waals surface area contributed by atoms with Crippen LogP contribution in [0.1, 0.15) is 26.7 Å². The zero-order chi connectivity index (χ0) is 12.1. The topological polar surface area (TPSA) is 46.6 Å². The summed E-state index contributed by atoms with van der Waals surface area (Å²) in [5, 5.41) is 0. The van der Waals surface area contributed by atoms with Gasteiger partial charge in [-0.1, -0.05) is 13.0 Å². The van der Waals surface area contributed by atoms with Crippen LogP contribution in [-0.2, 0) is 14.3 Å². The number of likely N-dealkylation sites (tertiary alicyclic amines) is 1. The molecule has 1 heterocycles. The van der Waals surface area contributed by atoms with E-state index in [9.17, 15) is 9.59 Å². The zero-order valence-electron chi connectivity index (χ0n) is 10.2. The molecule has 0 aliphatic carbocycles. The Labute approximate surface area is 96.3 Å². The number of piperidine rings is 1. The van der Waals surface area contributed by atoms with Crippen molar-refractivity contribution < 1.29 is 14.3 Å². The summed E-state index contributed by atoms with van der Waals surface area (Å²) in [5.41, 5.74) is 0.550. The Hall–Kier alpha value is -1.32. The third kappa shape index (κ3) is 3.08. The van der Waals surface area contributed by atoms with Gasteiger partial charge in [-0.3, -0.25) is 4.79 Å². The molecule has 4 nitrogen and oxygen atoms in total. The molecule has 0 aromatic carbocycles. The molecule has 0 bridgehead atoms. The van der Waals surface area contributed by atoms with E-state index in [4.69, 9.17) is 0 Å². The summed E-state index contributed by atoms with van der Waals surface area (Å²) in [5.74, 6) is -0.0433. The van der Waals surface area contributed by atoms with Gasteiger partial charge in [0.25, 0.3) is 0 Å². The van der Waals surface area contributed by atoms with Crippen molar-refractivity contribution in [1.29, 1.82) is 0 Å². The fourth-order valence-electron chi connectivity index (χ4n) is 1.81. The number of nitrogens with zero attached hydrogens (tertiary/aromatic N) is 1. The van der Waals surface area contributed by atoms with Crippen LogP contribution in [0.5, 0.6) is 0 Å². The second kappa shape index (κ2) is 5.68. The third-order valence-corrected chi connectivity index (χ3v) is 2.92. The first-order valence-electron chi connectivity index (χ1n) is 5.60. The molecule has 1 unspecified atom stereocenters. The van der Waals surface area contributed by atoms with Gasteiger partial charge in [-0.15, -0.1) is 0 Å². The number of hydrogen-bond donors (Lipinski definition) is 0. The fraction of sp³-hybridized carbons (Fsp3) is 0.667. The van der Waals surface area contributed by atoms with Crippen LogP contribution >= 0.6 is 0 Å². The first kappa shape index (κ1) is 12.7. The highest BCUT2D eigenvalue weighted by Gasteiger charge is 2.24. The fourth-order valence-corrected chi connectivity index (χ4v) is 1.81. The molecule has 1 atom stereocenters. The Bertz CT molecular complexity index is 309. The largest absolute Gasteiger partial charge is 0.466 e. The predicted molar refractivity (Wildman–Crippen MR) is 60.8 cm³/mol. The summed E-state index contributed by atoms with van der Waals surface area (Å²) in [4.78, 5) is 24.7. The van der Waals surface area contributed by atoms with Crippen molar-refractivity contribution in [3.8, 4) is 0 Å². The Morgan fingerprint density at radius 3 is 2.94 bits per heavy atom. The molecule has 0 saturated carbocycles. The highest BCUT2D eigenvalue weighted by atomic mass is 16.5. The van der Waals surface area contributed by atoms with E-state index in [-0.39, 0.29) is 17.8 Å². The number of hydrogen-bond acceptors (Lipinski definition) is 3. The van der Waals surface area contributed by atoms with E-state index in [0.717, 1.165) is 19.4 Å². The van der Waals surface area contributed by atoms with Crippen LogP contribution in [0, 0.1) is 5.92 Å². The normalized spacial score (nSPS) is 22.2. The SMILES string of the molecule is COC(=O)C(C)=CCN1CCCC(C)C1=O. The Kier molecular flexibility index (Phi) is 4.52. The van der Waals surface area contributed by atoms with Gasteiger partial charge in [0.15, 0.2) is 0 Å². The van der Waals surface area contributed by atoms with Crippen molar-refractivity contribution >= 4 is 11.9 Å². The number of rotatable bonds is 3. The van der Waals surface area contributed by atoms with Crippen LogP contribution in [0.3, 0.4) is 0 Å². The van der Waals surface area contributed by atoms with E-state index >= 15 is 0 Å². The number of methoxy groups -OCH3 is 1. The van der Waals surface area contributed by atoms with Crippen LogP contribution in [0.4, 0.5) is 0 Å². The van der Waals surface area contributed by atoms with Gasteiger partial charge < -0.3 is 9.64 Å². The minimum absolute atomic E-state index is 0.112. The third-order valence-electron chi connectivity index (χ3n) is 2.92. The van der Waals surface area contributed by atoms with Crippen molar-refractivity contribution in [1.82, 2.24) is 4.90 Å². The summed E-state index contributed by atoms with van der Waals surface area (Å²) in [6.07, 6.45) is 3.76. The highest BCUT2D eigenvalue weighted by molar-refractivity contribution is 5.87. The average molecular weight is 225 g/mol. The Balaban J connectivity index is 2.54. The van der Waals surface area contributed by atoms with Gasteiger partial charge in [-0.25, -0.2) is 4.79 Å². The van der Waals surface area contributed by atoms with Crippen molar-refractivity contribution in [3.05, 3.63) is 11.6 Å². The maximum Gasteiger partial charge on any atom is 0.333 e. The maximum atomic E-state index is 11.8. The molecule has 1 saturated heterocycles. The van der Waals surface area contributed by atoms with Gasteiger partial charge in [0.05, 0.1) is 7.11 Å². The summed E-state index contributed by atoms with van der Waals surface area (Å²) in [6, 6.07) is 0. The molecule has 16 heavy (non-hydrogen) atoms. The van der Waals surface area contributed by atoms with E-state index in [2.05, 4.69) is 4.74 Å². The number of ether oxygens (including phenoxy) is 1. The van der Waals surface area contributed by atoms with Crippen molar-refractivity contribution in [2.45, 2.75) is 26.7 Å². The molecule has 1 aliphatic heterocycles. The monoisotopic (exact) mass is 225 g/mol. The molecule has 0 spiro atoms.